The number of furan rings is 1. The van der Waals surface area contributed by atoms with Crippen molar-refractivity contribution in [1.29, 1.82) is 0 Å². The zero-order chi connectivity index (χ0) is 17.4. The van der Waals surface area contributed by atoms with Gasteiger partial charge in [0.25, 0.3) is 10.0 Å². The van der Waals surface area contributed by atoms with Gasteiger partial charge in [-0.3, -0.25) is 0 Å². The minimum absolute atomic E-state index is 0.0671. The van der Waals surface area contributed by atoms with Crippen molar-refractivity contribution < 1.29 is 21.3 Å². The quantitative estimate of drug-likeness (QED) is 0.714. The van der Waals surface area contributed by atoms with E-state index in [1.54, 1.807) is 6.07 Å². The van der Waals surface area contributed by atoms with Crippen LogP contribution in [0.5, 0.6) is 0 Å². The lowest BCUT2D eigenvalue weighted by molar-refractivity contribution is 0.395. The van der Waals surface area contributed by atoms with Gasteiger partial charge in [-0.05, 0) is 53.0 Å². The van der Waals surface area contributed by atoms with Crippen molar-refractivity contribution in [1.82, 2.24) is 9.29 Å². The molecule has 3 rings (SSSR count). The van der Waals surface area contributed by atoms with Crippen LogP contribution in [-0.2, 0) is 25.6 Å². The monoisotopic (exact) mass is 434 g/mol. The first kappa shape index (κ1) is 17.6. The van der Waals surface area contributed by atoms with E-state index < -0.39 is 25.6 Å². The first-order valence-corrected chi connectivity index (χ1v) is 11.1. The number of hydrogen-bond acceptors (Lipinski definition) is 6. The highest BCUT2D eigenvalue weighted by Gasteiger charge is 2.30. The normalized spacial score (nSPS) is 16.5. The summed E-state index contributed by atoms with van der Waals surface area (Å²) in [4.78, 5) is 3.86. The van der Waals surface area contributed by atoms with E-state index in [1.807, 2.05) is 0 Å². The molecular weight excluding hydrogens is 420 g/mol. The summed E-state index contributed by atoms with van der Waals surface area (Å²) in [5.41, 5.74) is 0. The SMILES string of the molecule is O=S(=O)(Cc1ccc(S(=O)(=O)N2CCCC2)o1)c1ccc(Br)cn1. The van der Waals surface area contributed by atoms with Crippen molar-refractivity contribution in [3.8, 4) is 0 Å². The van der Waals surface area contributed by atoms with Gasteiger partial charge in [-0.2, -0.15) is 4.31 Å². The fraction of sp³-hybridized carbons (Fsp3) is 0.357. The molecule has 0 aromatic carbocycles. The number of rotatable bonds is 5. The Balaban J connectivity index is 1.82. The largest absolute Gasteiger partial charge is 0.447 e. The van der Waals surface area contributed by atoms with Crippen LogP contribution in [0.1, 0.15) is 18.6 Å². The second-order valence-corrected chi connectivity index (χ2v) is 10.1. The van der Waals surface area contributed by atoms with Crippen molar-refractivity contribution in [2.45, 2.75) is 28.7 Å². The average molecular weight is 435 g/mol. The van der Waals surface area contributed by atoms with Gasteiger partial charge in [0, 0.05) is 23.8 Å². The van der Waals surface area contributed by atoms with Crippen molar-refractivity contribution in [3.63, 3.8) is 0 Å². The van der Waals surface area contributed by atoms with Crippen LogP contribution < -0.4 is 0 Å². The predicted molar refractivity (Wildman–Crippen MR) is 89.5 cm³/mol. The molecule has 2 aromatic heterocycles. The summed E-state index contributed by atoms with van der Waals surface area (Å²) < 4.78 is 56.7. The second-order valence-electron chi connectivity index (χ2n) is 5.41. The third kappa shape index (κ3) is 3.56. The Kier molecular flexibility index (Phi) is 4.82. The van der Waals surface area contributed by atoms with Crippen LogP contribution in [0.3, 0.4) is 0 Å². The standard InChI is InChI=1S/C14H15BrN2O5S2/c15-11-3-5-13(16-9-11)23(18,19)10-12-4-6-14(22-12)24(20,21)17-7-1-2-8-17/h3-6,9H,1-2,7-8,10H2. The molecule has 0 amide bonds. The molecule has 10 heteroatoms. The van der Waals surface area contributed by atoms with Gasteiger partial charge in [0.1, 0.15) is 11.5 Å². The van der Waals surface area contributed by atoms with Crippen molar-refractivity contribution in [2.24, 2.45) is 0 Å². The summed E-state index contributed by atoms with van der Waals surface area (Å²) in [6, 6.07) is 5.63. The van der Waals surface area contributed by atoms with Gasteiger partial charge in [0.05, 0.1) is 0 Å². The van der Waals surface area contributed by atoms with Crippen molar-refractivity contribution in [2.75, 3.05) is 13.1 Å². The van der Waals surface area contributed by atoms with E-state index >= 15 is 0 Å². The number of nitrogens with zero attached hydrogens (tertiary/aromatic N) is 2. The summed E-state index contributed by atoms with van der Waals surface area (Å²) >= 11 is 3.19. The summed E-state index contributed by atoms with van der Waals surface area (Å²) in [5, 5.41) is -0.315. The van der Waals surface area contributed by atoms with Gasteiger partial charge < -0.3 is 4.42 Å². The molecule has 24 heavy (non-hydrogen) atoms. The summed E-state index contributed by atoms with van der Waals surface area (Å²) in [5.74, 6) is -0.380. The van der Waals surface area contributed by atoms with Crippen molar-refractivity contribution in [3.05, 3.63) is 40.7 Å². The molecule has 0 N–H and O–H groups in total. The van der Waals surface area contributed by atoms with Gasteiger partial charge in [-0.15, -0.1) is 0 Å². The Labute approximate surface area is 148 Å². The molecule has 0 unspecified atom stereocenters. The van der Waals surface area contributed by atoms with E-state index in [9.17, 15) is 16.8 Å². The topological polar surface area (TPSA) is 97.5 Å². The maximum atomic E-state index is 12.4. The Morgan fingerprint density at radius 2 is 1.79 bits per heavy atom. The molecule has 0 saturated carbocycles. The van der Waals surface area contributed by atoms with E-state index in [-0.39, 0.29) is 15.9 Å². The number of sulfone groups is 1. The number of halogens is 1. The molecule has 3 heterocycles. The number of aromatic nitrogens is 1. The maximum absolute atomic E-state index is 12.4. The summed E-state index contributed by atoms with van der Waals surface area (Å²) in [6.07, 6.45) is 3.02. The molecule has 2 aromatic rings. The molecule has 0 bridgehead atoms. The molecule has 130 valence electrons. The van der Waals surface area contributed by atoms with E-state index in [0.29, 0.717) is 17.6 Å². The molecule has 1 saturated heterocycles. The molecule has 1 aliphatic heterocycles. The van der Waals surface area contributed by atoms with Crippen LogP contribution in [0.4, 0.5) is 0 Å². The second kappa shape index (κ2) is 6.58. The van der Waals surface area contributed by atoms with Crippen LogP contribution in [0, 0.1) is 0 Å². The Morgan fingerprint density at radius 3 is 2.42 bits per heavy atom. The smallest absolute Gasteiger partial charge is 0.276 e. The maximum Gasteiger partial charge on any atom is 0.276 e. The highest BCUT2D eigenvalue weighted by Crippen LogP contribution is 2.24. The van der Waals surface area contributed by atoms with E-state index in [2.05, 4.69) is 20.9 Å². The summed E-state index contributed by atoms with van der Waals surface area (Å²) in [7, 11) is -7.41. The first-order chi connectivity index (χ1) is 11.3. The van der Waals surface area contributed by atoms with Crippen LogP contribution in [0.2, 0.25) is 0 Å². The molecule has 1 aliphatic rings. The third-order valence-electron chi connectivity index (χ3n) is 3.65. The van der Waals surface area contributed by atoms with Gasteiger partial charge >= 0.3 is 0 Å². The minimum Gasteiger partial charge on any atom is -0.447 e. The highest BCUT2D eigenvalue weighted by molar-refractivity contribution is 9.10. The molecule has 0 radical (unpaired) electrons. The number of hydrogen-bond donors (Lipinski definition) is 0. The first-order valence-electron chi connectivity index (χ1n) is 7.22. The van der Waals surface area contributed by atoms with Gasteiger partial charge in [-0.25, -0.2) is 21.8 Å². The zero-order valence-electron chi connectivity index (χ0n) is 12.6. The molecule has 0 aliphatic carbocycles. The van der Waals surface area contributed by atoms with E-state index in [0.717, 1.165) is 12.8 Å². The number of pyridine rings is 1. The Bertz CT molecular complexity index is 930. The zero-order valence-corrected chi connectivity index (χ0v) is 15.8. The van der Waals surface area contributed by atoms with Crippen LogP contribution in [0.15, 0.2) is 49.5 Å². The lowest BCUT2D eigenvalue weighted by Crippen LogP contribution is -2.27. The van der Waals surface area contributed by atoms with E-state index in [4.69, 9.17) is 4.42 Å². The minimum atomic E-state index is -3.72. The third-order valence-corrected chi connectivity index (χ3v) is 7.43. The van der Waals surface area contributed by atoms with Gasteiger partial charge in [-0.1, -0.05) is 0 Å². The fourth-order valence-corrected chi connectivity index (χ4v) is 5.28. The lowest BCUT2D eigenvalue weighted by atomic mass is 10.4. The van der Waals surface area contributed by atoms with Crippen LogP contribution >= 0.6 is 15.9 Å². The summed E-state index contributed by atoms with van der Waals surface area (Å²) in [6.45, 7) is 0.916. The van der Waals surface area contributed by atoms with Gasteiger partial charge in [0.2, 0.25) is 14.9 Å². The highest BCUT2D eigenvalue weighted by atomic mass is 79.9. The van der Waals surface area contributed by atoms with Crippen molar-refractivity contribution >= 4 is 35.8 Å². The van der Waals surface area contributed by atoms with Crippen LogP contribution in [0.25, 0.3) is 0 Å². The average Bonchev–Trinajstić information content (AvgIpc) is 3.19. The van der Waals surface area contributed by atoms with Crippen LogP contribution in [-0.4, -0.2) is 39.2 Å². The molecular formula is C14H15BrN2O5S2. The Morgan fingerprint density at radius 1 is 1.08 bits per heavy atom. The van der Waals surface area contributed by atoms with E-state index in [1.165, 1.54) is 28.7 Å². The predicted octanol–water partition coefficient (Wildman–Crippen LogP) is 2.20. The fourth-order valence-electron chi connectivity index (χ4n) is 2.44. The molecule has 0 spiro atoms. The lowest BCUT2D eigenvalue weighted by Gasteiger charge is -2.12. The Hall–Kier alpha value is -1.23. The van der Waals surface area contributed by atoms with Gasteiger partial charge in [0.15, 0.2) is 5.03 Å². The molecule has 0 atom stereocenters. The molecule has 1 fully saturated rings. The molecule has 7 nitrogen and oxygen atoms in total. The number of sulfonamides is 1.